The van der Waals surface area contributed by atoms with Crippen LogP contribution >= 0.6 is 0 Å². The zero-order valence-electron chi connectivity index (χ0n) is 19.5. The van der Waals surface area contributed by atoms with Gasteiger partial charge in [0.2, 0.25) is 5.91 Å². The summed E-state index contributed by atoms with van der Waals surface area (Å²) in [6.07, 6.45) is 6.52. The molecule has 2 heterocycles. The first-order chi connectivity index (χ1) is 16.6. The highest BCUT2D eigenvalue weighted by Crippen LogP contribution is 2.41. The van der Waals surface area contributed by atoms with Gasteiger partial charge < -0.3 is 19.5 Å². The molecule has 3 unspecified atom stereocenters. The molecule has 3 aromatic rings. The molecular weight excluding hydrogens is 430 g/mol. The van der Waals surface area contributed by atoms with Crippen LogP contribution in [0.5, 0.6) is 5.75 Å². The Morgan fingerprint density at radius 3 is 2.71 bits per heavy atom. The van der Waals surface area contributed by atoms with E-state index in [2.05, 4.69) is 15.5 Å². The first-order valence-corrected chi connectivity index (χ1v) is 11.8. The number of carbonyl (C=O) groups is 2. The van der Waals surface area contributed by atoms with Crippen LogP contribution in [0.3, 0.4) is 0 Å². The molecule has 1 saturated heterocycles. The molecule has 176 valence electrons. The molecule has 0 bridgehead atoms. The fourth-order valence-electron chi connectivity index (χ4n) is 5.45. The lowest BCUT2D eigenvalue weighted by molar-refractivity contribution is -0.120. The zero-order chi connectivity index (χ0) is 23.7. The van der Waals surface area contributed by atoms with Gasteiger partial charge in [0.05, 0.1) is 12.7 Å². The van der Waals surface area contributed by atoms with E-state index in [0.717, 1.165) is 37.1 Å². The SMILES string of the molecule is COc1ccccc1C(=O)N1C(C(=O)Nc2cccc(-c3nncn3C)c2)CC2CCCCC21. The van der Waals surface area contributed by atoms with Crippen LogP contribution in [-0.2, 0) is 11.8 Å². The van der Waals surface area contributed by atoms with E-state index >= 15 is 0 Å². The predicted octanol–water partition coefficient (Wildman–Crippen LogP) is 3.90. The molecule has 0 radical (unpaired) electrons. The highest BCUT2D eigenvalue weighted by atomic mass is 16.5. The molecule has 1 N–H and O–H groups in total. The topological polar surface area (TPSA) is 89.3 Å². The number of nitrogens with one attached hydrogen (secondary N) is 1. The minimum Gasteiger partial charge on any atom is -0.496 e. The summed E-state index contributed by atoms with van der Waals surface area (Å²) >= 11 is 0. The van der Waals surface area contributed by atoms with Crippen LogP contribution < -0.4 is 10.1 Å². The molecule has 3 atom stereocenters. The summed E-state index contributed by atoms with van der Waals surface area (Å²) in [5, 5.41) is 11.1. The number of para-hydroxylation sites is 1. The lowest BCUT2D eigenvalue weighted by Crippen LogP contribution is -2.48. The Morgan fingerprint density at radius 2 is 1.91 bits per heavy atom. The van der Waals surface area contributed by atoms with Gasteiger partial charge in [0.15, 0.2) is 5.82 Å². The van der Waals surface area contributed by atoms with Crippen LogP contribution in [0.1, 0.15) is 42.5 Å². The molecule has 2 aromatic carbocycles. The van der Waals surface area contributed by atoms with Crippen LogP contribution in [0.15, 0.2) is 54.9 Å². The lowest BCUT2D eigenvalue weighted by Gasteiger charge is -2.34. The molecule has 0 spiro atoms. The van der Waals surface area contributed by atoms with Crippen molar-refractivity contribution in [2.75, 3.05) is 12.4 Å². The normalized spacial score (nSPS) is 21.7. The van der Waals surface area contributed by atoms with Crippen LogP contribution in [0.2, 0.25) is 0 Å². The summed E-state index contributed by atoms with van der Waals surface area (Å²) in [5.41, 5.74) is 2.03. The Hall–Kier alpha value is -3.68. The molecule has 1 aromatic heterocycles. The number of hydrogen-bond donors (Lipinski definition) is 1. The maximum atomic E-state index is 13.7. The van der Waals surface area contributed by atoms with Gasteiger partial charge in [-0.15, -0.1) is 10.2 Å². The van der Waals surface area contributed by atoms with Gasteiger partial charge in [-0.05, 0) is 49.4 Å². The van der Waals surface area contributed by atoms with Crippen molar-refractivity contribution in [2.45, 2.75) is 44.2 Å². The fraction of sp³-hybridized carbons (Fsp3) is 0.385. The van der Waals surface area contributed by atoms with Crippen molar-refractivity contribution in [2.24, 2.45) is 13.0 Å². The van der Waals surface area contributed by atoms with Crippen LogP contribution in [-0.4, -0.2) is 50.7 Å². The van der Waals surface area contributed by atoms with Gasteiger partial charge in [-0.25, -0.2) is 0 Å². The van der Waals surface area contributed by atoms with Crippen molar-refractivity contribution >= 4 is 17.5 Å². The third kappa shape index (κ3) is 4.04. The van der Waals surface area contributed by atoms with E-state index in [1.807, 2.05) is 52.9 Å². The van der Waals surface area contributed by atoms with Gasteiger partial charge in [0.25, 0.3) is 5.91 Å². The number of anilines is 1. The molecule has 2 fully saturated rings. The second-order valence-corrected chi connectivity index (χ2v) is 9.11. The van der Waals surface area contributed by atoms with Gasteiger partial charge in [-0.2, -0.15) is 0 Å². The standard InChI is InChI=1S/C26H29N5O3/c1-30-16-27-29-24(30)18-9-7-10-19(14-18)28-25(32)22-15-17-8-3-5-12-21(17)31(22)26(33)20-11-4-6-13-23(20)34-2/h4,6-7,9-11,13-14,16-17,21-22H,3,5,8,12,15H2,1-2H3,(H,28,32). The van der Waals surface area contributed by atoms with Gasteiger partial charge >= 0.3 is 0 Å². The second-order valence-electron chi connectivity index (χ2n) is 9.11. The minimum atomic E-state index is -0.524. The van der Waals surface area contributed by atoms with E-state index < -0.39 is 6.04 Å². The van der Waals surface area contributed by atoms with Crippen LogP contribution in [0.4, 0.5) is 5.69 Å². The summed E-state index contributed by atoms with van der Waals surface area (Å²) in [6.45, 7) is 0. The first kappa shape index (κ1) is 22.1. The number of nitrogens with zero attached hydrogens (tertiary/aromatic N) is 4. The van der Waals surface area contributed by atoms with E-state index in [-0.39, 0.29) is 17.9 Å². The number of benzene rings is 2. The van der Waals surface area contributed by atoms with Gasteiger partial charge in [0, 0.05) is 24.3 Å². The van der Waals surface area contributed by atoms with Crippen LogP contribution in [0, 0.1) is 5.92 Å². The predicted molar refractivity (Wildman–Crippen MR) is 128 cm³/mol. The summed E-state index contributed by atoms with van der Waals surface area (Å²) < 4.78 is 7.28. The number of likely N-dealkylation sites (tertiary alicyclic amines) is 1. The van der Waals surface area contributed by atoms with Crippen molar-refractivity contribution in [1.29, 1.82) is 0 Å². The van der Waals surface area contributed by atoms with Gasteiger partial charge in [0.1, 0.15) is 18.1 Å². The number of fused-ring (bicyclic) bond motifs is 1. The smallest absolute Gasteiger partial charge is 0.258 e. The van der Waals surface area contributed by atoms with Crippen LogP contribution in [0.25, 0.3) is 11.4 Å². The second kappa shape index (κ2) is 9.29. The number of methoxy groups -OCH3 is 1. The minimum absolute atomic E-state index is 0.0758. The Labute approximate surface area is 198 Å². The monoisotopic (exact) mass is 459 g/mol. The number of aryl methyl sites for hydroxylation is 1. The third-order valence-electron chi connectivity index (χ3n) is 7.06. The fourth-order valence-corrected chi connectivity index (χ4v) is 5.45. The van der Waals surface area contributed by atoms with E-state index in [4.69, 9.17) is 4.74 Å². The molecular formula is C26H29N5O3. The van der Waals surface area contributed by atoms with Crippen molar-refractivity contribution in [3.05, 3.63) is 60.4 Å². The molecule has 2 amide bonds. The summed E-state index contributed by atoms with van der Waals surface area (Å²) in [4.78, 5) is 29.1. The zero-order valence-corrected chi connectivity index (χ0v) is 19.5. The highest BCUT2D eigenvalue weighted by Gasteiger charge is 2.48. The number of amides is 2. The molecule has 8 heteroatoms. The van der Waals surface area contributed by atoms with Crippen molar-refractivity contribution in [1.82, 2.24) is 19.7 Å². The number of carbonyl (C=O) groups excluding carboxylic acids is 2. The molecule has 1 aliphatic heterocycles. The Morgan fingerprint density at radius 1 is 1.09 bits per heavy atom. The van der Waals surface area contributed by atoms with Crippen molar-refractivity contribution < 1.29 is 14.3 Å². The quantitative estimate of drug-likeness (QED) is 0.625. The average molecular weight is 460 g/mol. The van der Waals surface area contributed by atoms with Crippen molar-refractivity contribution in [3.63, 3.8) is 0 Å². The molecule has 1 saturated carbocycles. The number of hydrogen-bond acceptors (Lipinski definition) is 5. The van der Waals surface area contributed by atoms with Gasteiger partial charge in [-0.3, -0.25) is 9.59 Å². The van der Waals surface area contributed by atoms with Gasteiger partial charge in [-0.1, -0.05) is 37.1 Å². The van der Waals surface area contributed by atoms with E-state index in [1.165, 1.54) is 0 Å². The lowest BCUT2D eigenvalue weighted by atomic mass is 9.84. The number of rotatable bonds is 5. The number of ether oxygens (including phenoxy) is 1. The van der Waals surface area contributed by atoms with E-state index in [9.17, 15) is 9.59 Å². The van der Waals surface area contributed by atoms with E-state index in [0.29, 0.717) is 29.3 Å². The Kier molecular flexibility index (Phi) is 6.04. The maximum Gasteiger partial charge on any atom is 0.258 e. The highest BCUT2D eigenvalue weighted by molar-refractivity contribution is 6.03. The Balaban J connectivity index is 1.42. The van der Waals surface area contributed by atoms with E-state index in [1.54, 1.807) is 25.6 Å². The maximum absolute atomic E-state index is 13.7. The molecule has 34 heavy (non-hydrogen) atoms. The number of aromatic nitrogens is 3. The summed E-state index contributed by atoms with van der Waals surface area (Å²) in [5.74, 6) is 1.29. The molecule has 5 rings (SSSR count). The largest absolute Gasteiger partial charge is 0.496 e. The summed E-state index contributed by atoms with van der Waals surface area (Å²) in [7, 11) is 3.44. The first-order valence-electron chi connectivity index (χ1n) is 11.8. The molecule has 1 aliphatic carbocycles. The molecule has 8 nitrogen and oxygen atoms in total. The third-order valence-corrected chi connectivity index (χ3v) is 7.06. The molecule has 2 aliphatic rings. The Bertz CT molecular complexity index is 1210. The average Bonchev–Trinajstić information content (AvgIpc) is 3.47. The summed E-state index contributed by atoms with van der Waals surface area (Å²) in [6, 6.07) is 14.3. The van der Waals surface area contributed by atoms with Crippen molar-refractivity contribution in [3.8, 4) is 17.1 Å².